The molecule has 0 bridgehead atoms. The molecule has 0 aliphatic heterocycles. The lowest BCUT2D eigenvalue weighted by Crippen LogP contribution is -2.34. The molecular weight excluding hydrogens is 411 g/mol. The van der Waals surface area contributed by atoms with Gasteiger partial charge in [0.1, 0.15) is 17.1 Å². The van der Waals surface area contributed by atoms with Gasteiger partial charge < -0.3 is 15.0 Å². The van der Waals surface area contributed by atoms with E-state index in [1.54, 1.807) is 17.0 Å². The summed E-state index contributed by atoms with van der Waals surface area (Å²) in [6.45, 7) is 4.83. The highest BCUT2D eigenvalue weighted by atomic mass is 35.5. The molecule has 1 aromatic heterocycles. The highest BCUT2D eigenvalue weighted by Gasteiger charge is 2.16. The Hall–Kier alpha value is -3.26. The van der Waals surface area contributed by atoms with Crippen molar-refractivity contribution in [2.24, 2.45) is 0 Å². The maximum Gasteiger partial charge on any atom is 0.260 e. The van der Waals surface area contributed by atoms with Crippen LogP contribution in [-0.2, 0) is 4.79 Å². The maximum atomic E-state index is 13.9. The van der Waals surface area contributed by atoms with Crippen molar-refractivity contribution in [2.45, 2.75) is 13.8 Å². The van der Waals surface area contributed by atoms with E-state index in [0.29, 0.717) is 24.5 Å². The maximum absolute atomic E-state index is 13.9. The van der Waals surface area contributed by atoms with Gasteiger partial charge in [0, 0.05) is 37.2 Å². The van der Waals surface area contributed by atoms with Gasteiger partial charge in [0.15, 0.2) is 6.61 Å². The van der Waals surface area contributed by atoms with Crippen LogP contribution >= 0.6 is 11.6 Å². The highest BCUT2D eigenvalue weighted by molar-refractivity contribution is 6.32. The van der Waals surface area contributed by atoms with Crippen molar-refractivity contribution in [3.05, 3.63) is 59.1 Å². The number of benzene rings is 2. The second-order valence-corrected chi connectivity index (χ2v) is 6.74. The van der Waals surface area contributed by atoms with Gasteiger partial charge >= 0.3 is 0 Å². The van der Waals surface area contributed by atoms with Crippen LogP contribution in [0.2, 0.25) is 5.02 Å². The van der Waals surface area contributed by atoms with E-state index in [1.807, 2.05) is 13.8 Å². The van der Waals surface area contributed by atoms with Crippen LogP contribution in [0.5, 0.6) is 5.75 Å². The van der Waals surface area contributed by atoms with Gasteiger partial charge in [0.25, 0.3) is 11.8 Å². The number of ether oxygens (including phenoxy) is 1. The van der Waals surface area contributed by atoms with Crippen molar-refractivity contribution in [1.82, 2.24) is 14.9 Å². The molecule has 3 rings (SSSR count). The van der Waals surface area contributed by atoms with Crippen molar-refractivity contribution in [3.63, 3.8) is 0 Å². The van der Waals surface area contributed by atoms with Crippen LogP contribution in [0.25, 0.3) is 11.0 Å². The van der Waals surface area contributed by atoms with Gasteiger partial charge in [-0.15, -0.1) is 0 Å². The third-order valence-electron chi connectivity index (χ3n) is 4.44. The number of carbonyl (C=O) groups excluding carboxylic acids is 2. The summed E-state index contributed by atoms with van der Waals surface area (Å²) < 4.78 is 19.4. The molecule has 0 saturated heterocycles. The number of hydrogen-bond acceptors (Lipinski definition) is 5. The van der Waals surface area contributed by atoms with E-state index in [1.165, 1.54) is 24.5 Å². The first-order chi connectivity index (χ1) is 14.4. The molecule has 0 spiro atoms. The first-order valence-corrected chi connectivity index (χ1v) is 9.72. The van der Waals surface area contributed by atoms with Crippen LogP contribution < -0.4 is 10.1 Å². The molecule has 0 aliphatic rings. The fourth-order valence-corrected chi connectivity index (χ4v) is 3.15. The summed E-state index contributed by atoms with van der Waals surface area (Å²) in [6.07, 6.45) is 2.85. The molecule has 2 aromatic carbocycles. The first kappa shape index (κ1) is 21.4. The number of nitrogens with zero attached hydrogens (tertiary/aromatic N) is 3. The molecule has 156 valence electrons. The summed E-state index contributed by atoms with van der Waals surface area (Å²) in [5, 5.41) is 2.88. The molecule has 2 amide bonds. The van der Waals surface area contributed by atoms with E-state index in [9.17, 15) is 14.0 Å². The number of fused-ring (bicyclic) bond motifs is 1. The SMILES string of the molecule is CCN(CC)C(=O)COc1ccc(NC(=O)c2cc(F)cc3nccnc23)cc1Cl. The standard InChI is InChI=1S/C21H20ClFN4O3/c1-3-27(4-2)19(28)12-30-18-6-5-14(11-16(18)22)26-21(29)15-9-13(23)10-17-20(15)25-8-7-24-17/h5-11H,3-4,12H2,1-2H3,(H,26,29). The number of hydrogen-bond donors (Lipinski definition) is 1. The minimum absolute atomic E-state index is 0.0550. The second kappa shape index (κ2) is 9.49. The van der Waals surface area contributed by atoms with Gasteiger partial charge in [-0.1, -0.05) is 11.6 Å². The Kier molecular flexibility index (Phi) is 6.79. The lowest BCUT2D eigenvalue weighted by Gasteiger charge is -2.19. The normalized spacial score (nSPS) is 10.7. The number of halogens is 2. The molecular formula is C21H20ClFN4O3. The summed E-state index contributed by atoms with van der Waals surface area (Å²) >= 11 is 6.23. The van der Waals surface area contributed by atoms with E-state index >= 15 is 0 Å². The number of nitrogens with one attached hydrogen (secondary N) is 1. The van der Waals surface area contributed by atoms with E-state index in [0.717, 1.165) is 6.07 Å². The molecule has 3 aromatic rings. The highest BCUT2D eigenvalue weighted by Crippen LogP contribution is 2.28. The predicted octanol–water partition coefficient (Wildman–Crippen LogP) is 3.92. The molecule has 0 aliphatic carbocycles. The van der Waals surface area contributed by atoms with E-state index in [2.05, 4.69) is 15.3 Å². The smallest absolute Gasteiger partial charge is 0.260 e. The predicted molar refractivity (Wildman–Crippen MR) is 112 cm³/mol. The van der Waals surface area contributed by atoms with E-state index in [4.69, 9.17) is 16.3 Å². The summed E-state index contributed by atoms with van der Waals surface area (Å²) in [5.41, 5.74) is 1.01. The zero-order chi connectivity index (χ0) is 21.7. The molecule has 0 saturated carbocycles. The van der Waals surface area contributed by atoms with Crippen LogP contribution in [0.4, 0.5) is 10.1 Å². The number of aromatic nitrogens is 2. The largest absolute Gasteiger partial charge is 0.482 e. The minimum atomic E-state index is -0.590. The van der Waals surface area contributed by atoms with Crippen molar-refractivity contribution < 1.29 is 18.7 Å². The second-order valence-electron chi connectivity index (χ2n) is 6.33. The van der Waals surface area contributed by atoms with Gasteiger partial charge in [-0.05, 0) is 38.1 Å². The van der Waals surface area contributed by atoms with Gasteiger partial charge in [0.05, 0.1) is 16.1 Å². The Labute approximate surface area is 177 Å². The summed E-state index contributed by atoms with van der Waals surface area (Å²) in [5.74, 6) is -0.973. The zero-order valence-corrected chi connectivity index (χ0v) is 17.2. The Balaban J connectivity index is 1.73. The Morgan fingerprint density at radius 1 is 1.13 bits per heavy atom. The molecule has 0 unspecified atom stereocenters. The molecule has 0 fully saturated rings. The fraction of sp³-hybridized carbons (Fsp3) is 0.238. The Morgan fingerprint density at radius 3 is 2.57 bits per heavy atom. The Morgan fingerprint density at radius 2 is 1.87 bits per heavy atom. The third-order valence-corrected chi connectivity index (χ3v) is 4.74. The van der Waals surface area contributed by atoms with Crippen molar-refractivity contribution in [3.8, 4) is 5.75 Å². The molecule has 1 N–H and O–H groups in total. The number of amides is 2. The summed E-state index contributed by atoms with van der Waals surface area (Å²) in [6, 6.07) is 6.93. The lowest BCUT2D eigenvalue weighted by molar-refractivity contribution is -0.132. The quantitative estimate of drug-likeness (QED) is 0.614. The van der Waals surface area contributed by atoms with Crippen molar-refractivity contribution >= 4 is 40.1 Å². The first-order valence-electron chi connectivity index (χ1n) is 9.34. The van der Waals surface area contributed by atoms with E-state index in [-0.39, 0.29) is 34.1 Å². The molecule has 7 nitrogen and oxygen atoms in total. The summed E-state index contributed by atoms with van der Waals surface area (Å²) in [4.78, 5) is 34.5. The monoisotopic (exact) mass is 430 g/mol. The van der Waals surface area contributed by atoms with Crippen molar-refractivity contribution in [1.29, 1.82) is 0 Å². The minimum Gasteiger partial charge on any atom is -0.482 e. The molecule has 0 atom stereocenters. The average Bonchev–Trinajstić information content (AvgIpc) is 2.73. The topological polar surface area (TPSA) is 84.4 Å². The van der Waals surface area contributed by atoms with E-state index < -0.39 is 11.7 Å². The summed E-state index contributed by atoms with van der Waals surface area (Å²) in [7, 11) is 0. The third kappa shape index (κ3) is 4.83. The molecule has 0 radical (unpaired) electrons. The number of anilines is 1. The van der Waals surface area contributed by atoms with Crippen LogP contribution in [-0.4, -0.2) is 46.4 Å². The van der Waals surface area contributed by atoms with Crippen LogP contribution in [0, 0.1) is 5.82 Å². The van der Waals surface area contributed by atoms with Gasteiger partial charge in [-0.2, -0.15) is 0 Å². The zero-order valence-electron chi connectivity index (χ0n) is 16.5. The molecule has 30 heavy (non-hydrogen) atoms. The number of rotatable bonds is 7. The Bertz CT molecular complexity index is 1090. The van der Waals surface area contributed by atoms with Gasteiger partial charge in [-0.25, -0.2) is 4.39 Å². The average molecular weight is 431 g/mol. The van der Waals surface area contributed by atoms with Gasteiger partial charge in [-0.3, -0.25) is 19.6 Å². The molecule has 9 heteroatoms. The lowest BCUT2D eigenvalue weighted by atomic mass is 10.1. The molecule has 1 heterocycles. The van der Waals surface area contributed by atoms with Crippen LogP contribution in [0.3, 0.4) is 0 Å². The van der Waals surface area contributed by atoms with Crippen LogP contribution in [0.15, 0.2) is 42.7 Å². The fourth-order valence-electron chi connectivity index (χ4n) is 2.91. The number of carbonyl (C=O) groups is 2. The van der Waals surface area contributed by atoms with Crippen molar-refractivity contribution in [2.75, 3.05) is 25.0 Å². The van der Waals surface area contributed by atoms with Crippen LogP contribution in [0.1, 0.15) is 24.2 Å². The number of likely N-dealkylation sites (N-methyl/N-ethyl adjacent to an activating group) is 1. The van der Waals surface area contributed by atoms with Gasteiger partial charge in [0.2, 0.25) is 0 Å².